The molecule has 84 valence electrons. The summed E-state index contributed by atoms with van der Waals surface area (Å²) in [5.74, 6) is -0.457. The maximum absolute atomic E-state index is 11.3. The zero-order chi connectivity index (χ0) is 11.8. The molecule has 4 nitrogen and oxygen atoms in total. The van der Waals surface area contributed by atoms with Gasteiger partial charge in [0.1, 0.15) is 0 Å². The Morgan fingerprint density at radius 3 is 2.69 bits per heavy atom. The third kappa shape index (κ3) is 3.57. The molecule has 1 aromatic carbocycles. The van der Waals surface area contributed by atoms with Gasteiger partial charge in [-0.2, -0.15) is 0 Å². The van der Waals surface area contributed by atoms with Crippen molar-refractivity contribution in [2.45, 2.75) is 6.92 Å². The second-order valence-corrected chi connectivity index (χ2v) is 2.96. The smallest absolute Gasteiger partial charge is 0.331 e. The lowest BCUT2D eigenvalue weighted by Crippen LogP contribution is -2.01. The van der Waals surface area contributed by atoms with Gasteiger partial charge in [-0.3, -0.25) is 0 Å². The Bertz CT molecular complexity index is 396. The van der Waals surface area contributed by atoms with Crippen LogP contribution in [-0.4, -0.2) is 24.0 Å². The van der Waals surface area contributed by atoms with Gasteiger partial charge in [-0.05, 0) is 12.5 Å². The van der Waals surface area contributed by atoms with Crippen LogP contribution in [0.3, 0.4) is 0 Å². The van der Waals surface area contributed by atoms with E-state index in [0.717, 1.165) is 5.56 Å². The van der Waals surface area contributed by atoms with Crippen molar-refractivity contribution in [1.82, 2.24) is 0 Å². The largest absolute Gasteiger partial charge is 0.463 e. The molecule has 0 saturated heterocycles. The average Bonchev–Trinajstić information content (AvgIpc) is 2.30. The Labute approximate surface area is 93.9 Å². The molecule has 4 heteroatoms. The van der Waals surface area contributed by atoms with E-state index in [1.165, 1.54) is 12.3 Å². The van der Waals surface area contributed by atoms with Gasteiger partial charge in [0.2, 0.25) is 0 Å². The van der Waals surface area contributed by atoms with Gasteiger partial charge in [0.25, 0.3) is 0 Å². The Kier molecular flexibility index (Phi) is 4.79. The van der Waals surface area contributed by atoms with E-state index in [1.807, 2.05) is 30.3 Å². The summed E-state index contributed by atoms with van der Waals surface area (Å²) in [4.78, 5) is 11.3. The summed E-state index contributed by atoms with van der Waals surface area (Å²) in [5, 5.41) is 11.4. The van der Waals surface area contributed by atoms with Crippen LogP contribution in [0.5, 0.6) is 0 Å². The van der Waals surface area contributed by atoms with Crippen LogP contribution < -0.4 is 0 Å². The minimum atomic E-state index is -0.457. The summed E-state index contributed by atoms with van der Waals surface area (Å²) in [6.45, 7) is 2.04. The summed E-state index contributed by atoms with van der Waals surface area (Å²) in [5.41, 5.74) is 1.29. The topological polar surface area (TPSA) is 58.9 Å². The quantitative estimate of drug-likeness (QED) is 0.277. The Hall–Kier alpha value is -2.10. The fourth-order valence-corrected chi connectivity index (χ4v) is 1.20. The predicted molar refractivity (Wildman–Crippen MR) is 61.3 cm³/mol. The van der Waals surface area contributed by atoms with Crippen molar-refractivity contribution in [1.29, 1.82) is 0 Å². The lowest BCUT2D eigenvalue weighted by Gasteiger charge is -2.01. The second-order valence-electron chi connectivity index (χ2n) is 2.96. The molecule has 0 amide bonds. The Balaban J connectivity index is 2.96. The molecule has 0 saturated carbocycles. The molecule has 1 rings (SSSR count). The van der Waals surface area contributed by atoms with Crippen molar-refractivity contribution in [3.63, 3.8) is 0 Å². The number of oxime groups is 1. The summed E-state index contributed by atoms with van der Waals surface area (Å²) < 4.78 is 4.78. The van der Waals surface area contributed by atoms with Crippen LogP contribution in [0.25, 0.3) is 5.57 Å². The predicted octanol–water partition coefficient (Wildman–Crippen LogP) is 2.09. The molecule has 0 heterocycles. The molecule has 1 aromatic rings. The summed E-state index contributed by atoms with van der Waals surface area (Å²) in [6, 6.07) is 9.15. The van der Waals surface area contributed by atoms with Gasteiger partial charge in [-0.15, -0.1) is 0 Å². The first-order valence-electron chi connectivity index (χ1n) is 4.89. The fraction of sp³-hybridized carbons (Fsp3) is 0.167. The van der Waals surface area contributed by atoms with Crippen molar-refractivity contribution >= 4 is 17.8 Å². The lowest BCUT2D eigenvalue weighted by molar-refractivity contribution is -0.137. The summed E-state index contributed by atoms with van der Waals surface area (Å²) in [6.07, 6.45) is 2.49. The molecule has 0 unspecified atom stereocenters. The Morgan fingerprint density at radius 1 is 1.44 bits per heavy atom. The number of carbonyl (C=O) groups is 1. The number of benzene rings is 1. The van der Waals surface area contributed by atoms with Gasteiger partial charge in [0, 0.05) is 11.6 Å². The number of hydrogen-bond acceptors (Lipinski definition) is 4. The first kappa shape index (κ1) is 12.0. The highest BCUT2D eigenvalue weighted by atomic mass is 16.5. The molecule has 0 spiro atoms. The molecule has 0 aliphatic carbocycles. The zero-order valence-electron chi connectivity index (χ0n) is 8.96. The molecule has 16 heavy (non-hydrogen) atoms. The van der Waals surface area contributed by atoms with E-state index in [2.05, 4.69) is 5.16 Å². The van der Waals surface area contributed by atoms with Crippen molar-refractivity contribution in [3.8, 4) is 0 Å². The number of esters is 1. The second kappa shape index (κ2) is 6.40. The van der Waals surface area contributed by atoms with Gasteiger partial charge >= 0.3 is 5.97 Å². The molecule has 1 N–H and O–H groups in total. The molecule has 0 aliphatic rings. The molecule has 0 fully saturated rings. The maximum Gasteiger partial charge on any atom is 0.331 e. The third-order valence-corrected chi connectivity index (χ3v) is 1.86. The van der Waals surface area contributed by atoms with E-state index in [4.69, 9.17) is 9.94 Å². The van der Waals surface area contributed by atoms with Crippen LogP contribution in [0.4, 0.5) is 0 Å². The monoisotopic (exact) mass is 219 g/mol. The van der Waals surface area contributed by atoms with Crippen molar-refractivity contribution in [3.05, 3.63) is 42.0 Å². The van der Waals surface area contributed by atoms with Crippen LogP contribution in [0.15, 0.2) is 41.6 Å². The summed E-state index contributed by atoms with van der Waals surface area (Å²) >= 11 is 0. The normalized spacial score (nSPS) is 11.7. The highest BCUT2D eigenvalue weighted by Crippen LogP contribution is 2.11. The van der Waals surface area contributed by atoms with E-state index in [-0.39, 0.29) is 0 Å². The van der Waals surface area contributed by atoms with Crippen molar-refractivity contribution < 1.29 is 14.7 Å². The van der Waals surface area contributed by atoms with Crippen LogP contribution in [0.1, 0.15) is 12.5 Å². The van der Waals surface area contributed by atoms with Crippen LogP contribution in [-0.2, 0) is 9.53 Å². The maximum atomic E-state index is 11.3. The van der Waals surface area contributed by atoms with Gasteiger partial charge in [0.05, 0.1) is 12.8 Å². The minimum absolute atomic E-state index is 0.313. The first-order valence-corrected chi connectivity index (χ1v) is 4.89. The van der Waals surface area contributed by atoms with Crippen molar-refractivity contribution in [2.24, 2.45) is 5.16 Å². The van der Waals surface area contributed by atoms with Crippen LogP contribution in [0, 0.1) is 0 Å². The van der Waals surface area contributed by atoms with Gasteiger partial charge in [0.15, 0.2) is 0 Å². The SMILES string of the molecule is CCOC(=O)/C=C(\C=N\O)c1ccccc1. The van der Waals surface area contributed by atoms with Crippen molar-refractivity contribution in [2.75, 3.05) is 6.61 Å². The standard InChI is InChI=1S/C12H13NO3/c1-2-16-12(14)8-11(9-13-15)10-6-4-3-5-7-10/h3-9,15H,2H2,1H3/b11-8+,13-9+. The fourth-order valence-electron chi connectivity index (χ4n) is 1.20. The number of rotatable bonds is 4. The number of nitrogens with zero attached hydrogens (tertiary/aromatic N) is 1. The third-order valence-electron chi connectivity index (χ3n) is 1.86. The molecule has 0 aliphatic heterocycles. The zero-order valence-corrected chi connectivity index (χ0v) is 8.96. The number of hydrogen-bond donors (Lipinski definition) is 1. The highest BCUT2D eigenvalue weighted by Gasteiger charge is 2.03. The molecule has 0 atom stereocenters. The van der Waals surface area contributed by atoms with E-state index < -0.39 is 5.97 Å². The van der Waals surface area contributed by atoms with E-state index in [9.17, 15) is 4.79 Å². The highest BCUT2D eigenvalue weighted by molar-refractivity contribution is 6.14. The molecular weight excluding hydrogens is 206 g/mol. The van der Waals surface area contributed by atoms with Gasteiger partial charge in [-0.25, -0.2) is 4.79 Å². The van der Waals surface area contributed by atoms with E-state index in [0.29, 0.717) is 12.2 Å². The first-order chi connectivity index (χ1) is 7.77. The summed E-state index contributed by atoms with van der Waals surface area (Å²) in [7, 11) is 0. The van der Waals surface area contributed by atoms with Crippen LogP contribution in [0.2, 0.25) is 0 Å². The Morgan fingerprint density at radius 2 is 2.12 bits per heavy atom. The number of carbonyl (C=O) groups excluding carboxylic acids is 1. The van der Waals surface area contributed by atoms with E-state index in [1.54, 1.807) is 6.92 Å². The lowest BCUT2D eigenvalue weighted by atomic mass is 10.1. The van der Waals surface area contributed by atoms with Crippen LogP contribution >= 0.6 is 0 Å². The number of allylic oxidation sites excluding steroid dienone is 1. The number of ether oxygens (including phenoxy) is 1. The molecular formula is C12H13NO3. The van der Waals surface area contributed by atoms with Gasteiger partial charge < -0.3 is 9.94 Å². The van der Waals surface area contributed by atoms with Gasteiger partial charge in [-0.1, -0.05) is 35.5 Å². The minimum Gasteiger partial charge on any atom is -0.463 e. The molecule has 0 bridgehead atoms. The molecule has 0 radical (unpaired) electrons. The average molecular weight is 219 g/mol. The molecule has 0 aromatic heterocycles. The van der Waals surface area contributed by atoms with E-state index >= 15 is 0 Å².